The molecule has 4 aromatic carbocycles. The van der Waals surface area contributed by atoms with E-state index in [0.717, 1.165) is 5.39 Å². The van der Waals surface area contributed by atoms with Gasteiger partial charge in [-0.3, -0.25) is 9.52 Å². The van der Waals surface area contributed by atoms with Crippen LogP contribution in [0.15, 0.2) is 89.8 Å². The van der Waals surface area contributed by atoms with Crippen LogP contribution in [0.25, 0.3) is 10.8 Å². The molecule has 7 heteroatoms. The summed E-state index contributed by atoms with van der Waals surface area (Å²) in [6.45, 7) is 0. The molecule has 0 bridgehead atoms. The first kappa shape index (κ1) is 20.4. The fraction of sp³-hybridized carbons (Fsp3) is 0. The number of anilines is 1. The van der Waals surface area contributed by atoms with Gasteiger partial charge < -0.3 is 0 Å². The molecule has 4 aromatic rings. The highest BCUT2D eigenvalue weighted by Gasteiger charge is 2.22. The zero-order valence-electron chi connectivity index (χ0n) is 15.5. The second-order valence-corrected chi connectivity index (χ2v) is 9.17. The molecule has 0 amide bonds. The number of benzene rings is 4. The van der Waals surface area contributed by atoms with E-state index in [9.17, 15) is 13.2 Å². The third kappa shape index (κ3) is 4.05. The average molecular weight is 456 g/mol. The molecule has 0 saturated carbocycles. The monoisotopic (exact) mass is 455 g/mol. The SMILES string of the molecule is O=C(c1ccccc1)c1ccc2ccccc2c1NS(=O)(=O)c1cc(Cl)cc(Cl)c1. The number of hydrogen-bond donors (Lipinski definition) is 1. The fourth-order valence-electron chi connectivity index (χ4n) is 3.19. The number of rotatable bonds is 5. The van der Waals surface area contributed by atoms with Crippen molar-refractivity contribution in [1.29, 1.82) is 0 Å². The number of nitrogens with one attached hydrogen (secondary N) is 1. The number of ketones is 1. The minimum absolute atomic E-state index is 0.0916. The van der Waals surface area contributed by atoms with Gasteiger partial charge in [0.1, 0.15) is 0 Å². The molecule has 0 fully saturated rings. The van der Waals surface area contributed by atoms with E-state index >= 15 is 0 Å². The first-order chi connectivity index (χ1) is 14.3. The first-order valence-electron chi connectivity index (χ1n) is 8.95. The lowest BCUT2D eigenvalue weighted by atomic mass is 9.98. The van der Waals surface area contributed by atoms with Crippen LogP contribution in [0.3, 0.4) is 0 Å². The largest absolute Gasteiger partial charge is 0.289 e. The van der Waals surface area contributed by atoms with Gasteiger partial charge in [-0.15, -0.1) is 0 Å². The van der Waals surface area contributed by atoms with Crippen LogP contribution in [0.1, 0.15) is 15.9 Å². The van der Waals surface area contributed by atoms with Gasteiger partial charge >= 0.3 is 0 Å². The molecule has 0 atom stereocenters. The van der Waals surface area contributed by atoms with Gasteiger partial charge in [-0.05, 0) is 29.7 Å². The van der Waals surface area contributed by atoms with Gasteiger partial charge in [0.2, 0.25) is 0 Å². The van der Waals surface area contributed by atoms with E-state index in [-0.39, 0.29) is 32.0 Å². The number of fused-ring (bicyclic) bond motifs is 1. The van der Waals surface area contributed by atoms with Crippen LogP contribution in [0, 0.1) is 0 Å². The first-order valence-corrected chi connectivity index (χ1v) is 11.2. The molecular weight excluding hydrogens is 441 g/mol. The Morgan fingerprint density at radius 3 is 2.10 bits per heavy atom. The minimum atomic E-state index is -4.06. The summed E-state index contributed by atoms with van der Waals surface area (Å²) in [7, 11) is -4.06. The molecule has 0 aliphatic rings. The molecule has 4 rings (SSSR count). The Bertz CT molecular complexity index is 1350. The third-order valence-corrected chi connectivity index (χ3v) is 6.36. The average Bonchev–Trinajstić information content (AvgIpc) is 2.73. The third-order valence-electron chi connectivity index (χ3n) is 4.59. The number of sulfonamides is 1. The van der Waals surface area contributed by atoms with E-state index in [4.69, 9.17) is 23.2 Å². The van der Waals surface area contributed by atoms with Crippen molar-refractivity contribution in [2.45, 2.75) is 4.90 Å². The van der Waals surface area contributed by atoms with Crippen LogP contribution in [0.2, 0.25) is 10.0 Å². The molecule has 0 aliphatic carbocycles. The maximum absolute atomic E-state index is 13.2. The van der Waals surface area contributed by atoms with Crippen LogP contribution in [-0.2, 0) is 10.0 Å². The van der Waals surface area contributed by atoms with Gasteiger partial charge in [-0.25, -0.2) is 8.42 Å². The summed E-state index contributed by atoms with van der Waals surface area (Å²) in [5.74, 6) is -0.289. The molecular formula is C23H15Cl2NO3S. The van der Waals surface area contributed by atoms with Crippen molar-refractivity contribution >= 4 is 55.5 Å². The Morgan fingerprint density at radius 2 is 1.40 bits per heavy atom. The van der Waals surface area contributed by atoms with Crippen LogP contribution in [0.5, 0.6) is 0 Å². The Hall–Kier alpha value is -2.86. The molecule has 0 radical (unpaired) electrons. The lowest BCUT2D eigenvalue weighted by molar-refractivity contribution is 0.103. The van der Waals surface area contributed by atoms with E-state index in [2.05, 4.69) is 4.72 Å². The summed E-state index contributed by atoms with van der Waals surface area (Å²) < 4.78 is 28.8. The van der Waals surface area contributed by atoms with E-state index in [1.165, 1.54) is 18.2 Å². The molecule has 150 valence electrons. The summed E-state index contributed by atoms with van der Waals surface area (Å²) in [5, 5.41) is 1.79. The van der Waals surface area contributed by atoms with Crippen molar-refractivity contribution in [2.75, 3.05) is 4.72 Å². The molecule has 0 heterocycles. The minimum Gasteiger partial charge on any atom is -0.289 e. The lowest BCUT2D eigenvalue weighted by Gasteiger charge is -2.15. The van der Waals surface area contributed by atoms with Crippen molar-refractivity contribution < 1.29 is 13.2 Å². The van der Waals surface area contributed by atoms with Gasteiger partial charge in [-0.2, -0.15) is 0 Å². The lowest BCUT2D eigenvalue weighted by Crippen LogP contribution is -2.16. The normalized spacial score (nSPS) is 11.4. The molecule has 0 unspecified atom stereocenters. The predicted octanol–water partition coefficient (Wildman–Crippen LogP) is 6.18. The molecule has 0 spiro atoms. The van der Waals surface area contributed by atoms with E-state index < -0.39 is 10.0 Å². The van der Waals surface area contributed by atoms with Crippen molar-refractivity contribution in [3.8, 4) is 0 Å². The summed E-state index contributed by atoms with van der Waals surface area (Å²) in [6.07, 6.45) is 0. The van der Waals surface area contributed by atoms with E-state index in [1.54, 1.807) is 48.5 Å². The highest BCUT2D eigenvalue weighted by Crippen LogP contribution is 2.32. The topological polar surface area (TPSA) is 63.2 Å². The molecule has 4 nitrogen and oxygen atoms in total. The smallest absolute Gasteiger partial charge is 0.262 e. The van der Waals surface area contributed by atoms with Gasteiger partial charge in [0.15, 0.2) is 5.78 Å². The Labute approximate surface area is 184 Å². The summed E-state index contributed by atoms with van der Waals surface area (Å²) >= 11 is 12.0. The number of hydrogen-bond acceptors (Lipinski definition) is 3. The van der Waals surface area contributed by atoms with Crippen LogP contribution < -0.4 is 4.72 Å². The quantitative estimate of drug-likeness (QED) is 0.365. The number of carbonyl (C=O) groups is 1. The second kappa shape index (κ2) is 8.11. The van der Waals surface area contributed by atoms with Gasteiger partial charge in [-0.1, -0.05) is 83.9 Å². The molecule has 0 saturated heterocycles. The van der Waals surface area contributed by atoms with Crippen molar-refractivity contribution in [2.24, 2.45) is 0 Å². The molecule has 0 aromatic heterocycles. The highest BCUT2D eigenvalue weighted by molar-refractivity contribution is 7.92. The van der Waals surface area contributed by atoms with Gasteiger partial charge in [0.05, 0.1) is 10.6 Å². The zero-order chi connectivity index (χ0) is 21.3. The summed E-state index contributed by atoms with van der Waals surface area (Å²) in [5.41, 5.74) is 0.911. The second-order valence-electron chi connectivity index (χ2n) is 6.62. The van der Waals surface area contributed by atoms with Crippen molar-refractivity contribution in [3.05, 3.63) is 106 Å². The molecule has 30 heavy (non-hydrogen) atoms. The van der Waals surface area contributed by atoms with E-state index in [0.29, 0.717) is 10.9 Å². The number of carbonyl (C=O) groups excluding carboxylic acids is 1. The van der Waals surface area contributed by atoms with Crippen LogP contribution >= 0.6 is 23.2 Å². The predicted molar refractivity (Wildman–Crippen MR) is 121 cm³/mol. The maximum atomic E-state index is 13.2. The number of halogens is 2. The van der Waals surface area contributed by atoms with Crippen molar-refractivity contribution in [1.82, 2.24) is 0 Å². The standard InChI is InChI=1S/C23H15Cl2NO3S/c24-17-12-18(25)14-19(13-17)30(28,29)26-22-20-9-5-4-6-15(20)10-11-21(22)23(27)16-7-2-1-3-8-16/h1-14,26H. The fourth-order valence-corrected chi connectivity index (χ4v) is 5.02. The Balaban J connectivity index is 1.89. The van der Waals surface area contributed by atoms with E-state index in [1.807, 2.05) is 18.2 Å². The zero-order valence-corrected chi connectivity index (χ0v) is 17.8. The summed E-state index contributed by atoms with van der Waals surface area (Å²) in [6, 6.07) is 23.4. The maximum Gasteiger partial charge on any atom is 0.262 e. The van der Waals surface area contributed by atoms with Gasteiger partial charge in [0.25, 0.3) is 10.0 Å². The Kier molecular flexibility index (Phi) is 5.52. The van der Waals surface area contributed by atoms with Gasteiger partial charge in [0, 0.05) is 26.6 Å². The van der Waals surface area contributed by atoms with Crippen LogP contribution in [-0.4, -0.2) is 14.2 Å². The van der Waals surface area contributed by atoms with Crippen molar-refractivity contribution in [3.63, 3.8) is 0 Å². The Morgan fingerprint density at radius 1 is 0.767 bits per heavy atom. The van der Waals surface area contributed by atoms with Crippen LogP contribution in [0.4, 0.5) is 5.69 Å². The highest BCUT2D eigenvalue weighted by atomic mass is 35.5. The molecule has 0 aliphatic heterocycles. The summed E-state index contributed by atoms with van der Waals surface area (Å²) in [4.78, 5) is 13.1. The molecule has 1 N–H and O–H groups in total.